The molecule has 0 N–H and O–H groups in total. The number of likely N-dealkylation sites (tertiary alicyclic amines) is 1. The van der Waals surface area contributed by atoms with Crippen LogP contribution in [0.3, 0.4) is 0 Å². The topological polar surface area (TPSA) is 47.4 Å². The third kappa shape index (κ3) is 3.21. The number of benzene rings is 1. The Morgan fingerprint density at radius 3 is 2.80 bits per heavy atom. The second-order valence-corrected chi connectivity index (χ2v) is 7.50. The predicted molar refractivity (Wildman–Crippen MR) is 95.6 cm³/mol. The minimum atomic E-state index is -0.0656. The summed E-state index contributed by atoms with van der Waals surface area (Å²) in [4.78, 5) is 14.7. The third-order valence-electron chi connectivity index (χ3n) is 5.63. The van der Waals surface area contributed by atoms with Crippen LogP contribution in [-0.2, 0) is 11.8 Å². The molecule has 0 radical (unpaired) electrons. The second kappa shape index (κ2) is 6.30. The molecule has 132 valence electrons. The maximum Gasteiger partial charge on any atom is 0.253 e. The van der Waals surface area contributed by atoms with Crippen LogP contribution in [0.1, 0.15) is 46.7 Å². The van der Waals surface area contributed by atoms with Crippen LogP contribution in [0.25, 0.3) is 0 Å². The zero-order valence-corrected chi connectivity index (χ0v) is 14.9. The SMILES string of the molecule is Cc1cccc(C(=O)N2CCC3(CC2)CC(c2cnn(C)c2)CO3)c1. The van der Waals surface area contributed by atoms with Crippen molar-refractivity contribution in [2.45, 2.75) is 37.7 Å². The van der Waals surface area contributed by atoms with Crippen LogP contribution in [0.15, 0.2) is 36.7 Å². The molecule has 2 aliphatic rings. The zero-order valence-electron chi connectivity index (χ0n) is 14.9. The van der Waals surface area contributed by atoms with E-state index in [0.717, 1.165) is 50.1 Å². The van der Waals surface area contributed by atoms with Gasteiger partial charge in [0.2, 0.25) is 0 Å². The Balaban J connectivity index is 1.39. The van der Waals surface area contributed by atoms with Crippen LogP contribution < -0.4 is 0 Å². The van der Waals surface area contributed by atoms with Gasteiger partial charge in [0.1, 0.15) is 0 Å². The molecule has 2 aromatic rings. The smallest absolute Gasteiger partial charge is 0.253 e. The molecule has 2 fully saturated rings. The molecule has 1 spiro atoms. The molecule has 0 aliphatic carbocycles. The monoisotopic (exact) mass is 339 g/mol. The molecule has 4 rings (SSSR count). The predicted octanol–water partition coefficient (Wildman–Crippen LogP) is 2.91. The summed E-state index contributed by atoms with van der Waals surface area (Å²) in [6.07, 6.45) is 6.90. The van der Waals surface area contributed by atoms with Gasteiger partial charge in [-0.1, -0.05) is 17.7 Å². The standard InChI is InChI=1S/C20H25N3O2/c1-15-4-3-5-16(10-15)19(24)23-8-6-20(7-9-23)11-17(14-25-20)18-12-21-22(2)13-18/h3-5,10,12-13,17H,6-9,11,14H2,1-2H3. The molecule has 1 aromatic heterocycles. The van der Waals surface area contributed by atoms with Crippen molar-refractivity contribution in [3.63, 3.8) is 0 Å². The quantitative estimate of drug-likeness (QED) is 0.845. The van der Waals surface area contributed by atoms with Crippen LogP contribution in [0.2, 0.25) is 0 Å². The van der Waals surface area contributed by atoms with Crippen LogP contribution in [0, 0.1) is 6.92 Å². The summed E-state index contributed by atoms with van der Waals surface area (Å²) < 4.78 is 8.09. The van der Waals surface area contributed by atoms with Gasteiger partial charge in [-0.3, -0.25) is 9.48 Å². The fourth-order valence-corrected chi connectivity index (χ4v) is 4.14. The van der Waals surface area contributed by atoms with Gasteiger partial charge in [-0.05, 0) is 43.9 Å². The maximum atomic E-state index is 12.7. The lowest BCUT2D eigenvalue weighted by molar-refractivity contribution is -0.0388. The molecule has 1 unspecified atom stereocenters. The van der Waals surface area contributed by atoms with Gasteiger partial charge in [0.25, 0.3) is 5.91 Å². The summed E-state index contributed by atoms with van der Waals surface area (Å²) in [5.74, 6) is 0.563. The van der Waals surface area contributed by atoms with Gasteiger partial charge in [-0.2, -0.15) is 5.10 Å². The summed E-state index contributed by atoms with van der Waals surface area (Å²) in [5, 5.41) is 4.28. The molecule has 25 heavy (non-hydrogen) atoms. The molecule has 2 aliphatic heterocycles. The number of carbonyl (C=O) groups excluding carboxylic acids is 1. The van der Waals surface area contributed by atoms with Gasteiger partial charge in [0, 0.05) is 37.8 Å². The lowest BCUT2D eigenvalue weighted by Crippen LogP contribution is -2.46. The molecule has 0 bridgehead atoms. The van der Waals surface area contributed by atoms with E-state index < -0.39 is 0 Å². The zero-order chi connectivity index (χ0) is 17.4. The summed E-state index contributed by atoms with van der Waals surface area (Å²) in [6.45, 7) is 4.32. The van der Waals surface area contributed by atoms with Gasteiger partial charge in [-0.25, -0.2) is 0 Å². The van der Waals surface area contributed by atoms with E-state index in [1.807, 2.05) is 54.0 Å². The number of hydrogen-bond donors (Lipinski definition) is 0. The van der Waals surface area contributed by atoms with Gasteiger partial charge in [-0.15, -0.1) is 0 Å². The highest BCUT2D eigenvalue weighted by Crippen LogP contribution is 2.42. The molecule has 5 heteroatoms. The van der Waals surface area contributed by atoms with E-state index >= 15 is 0 Å². The number of rotatable bonds is 2. The lowest BCUT2D eigenvalue weighted by Gasteiger charge is -2.38. The Hall–Kier alpha value is -2.14. The minimum Gasteiger partial charge on any atom is -0.374 e. The van der Waals surface area contributed by atoms with Crippen LogP contribution in [0.5, 0.6) is 0 Å². The van der Waals surface area contributed by atoms with E-state index in [1.165, 1.54) is 5.56 Å². The van der Waals surface area contributed by atoms with E-state index in [4.69, 9.17) is 4.74 Å². The van der Waals surface area contributed by atoms with E-state index in [0.29, 0.717) is 5.92 Å². The molecule has 1 aromatic carbocycles. The Labute approximate surface area is 148 Å². The fraction of sp³-hybridized carbons (Fsp3) is 0.500. The summed E-state index contributed by atoms with van der Waals surface area (Å²) in [6, 6.07) is 7.85. The Kier molecular flexibility index (Phi) is 4.12. The first-order chi connectivity index (χ1) is 12.0. The number of aromatic nitrogens is 2. The van der Waals surface area contributed by atoms with E-state index in [-0.39, 0.29) is 11.5 Å². The summed E-state index contributed by atoms with van der Waals surface area (Å²) in [7, 11) is 1.95. The number of amides is 1. The van der Waals surface area contributed by atoms with Gasteiger partial charge in [0.05, 0.1) is 18.4 Å². The second-order valence-electron chi connectivity index (χ2n) is 7.50. The van der Waals surface area contributed by atoms with Crippen LogP contribution >= 0.6 is 0 Å². The van der Waals surface area contributed by atoms with Crippen molar-refractivity contribution in [1.29, 1.82) is 0 Å². The first-order valence-corrected chi connectivity index (χ1v) is 9.03. The molecular weight excluding hydrogens is 314 g/mol. The molecule has 2 saturated heterocycles. The average Bonchev–Trinajstić information content (AvgIpc) is 3.22. The third-order valence-corrected chi connectivity index (χ3v) is 5.63. The van der Waals surface area contributed by atoms with Crippen molar-refractivity contribution < 1.29 is 9.53 Å². The first kappa shape index (κ1) is 16.3. The normalized spacial score (nSPS) is 22.5. The summed E-state index contributed by atoms with van der Waals surface area (Å²) >= 11 is 0. The van der Waals surface area contributed by atoms with Crippen molar-refractivity contribution in [2.24, 2.45) is 7.05 Å². The summed E-state index contributed by atoms with van der Waals surface area (Å²) in [5.41, 5.74) is 3.11. The number of ether oxygens (including phenoxy) is 1. The van der Waals surface area contributed by atoms with Crippen molar-refractivity contribution in [3.05, 3.63) is 53.3 Å². The van der Waals surface area contributed by atoms with E-state index in [1.54, 1.807) is 0 Å². The Morgan fingerprint density at radius 1 is 1.32 bits per heavy atom. The Morgan fingerprint density at radius 2 is 2.12 bits per heavy atom. The molecule has 3 heterocycles. The fourth-order valence-electron chi connectivity index (χ4n) is 4.14. The van der Waals surface area contributed by atoms with Crippen molar-refractivity contribution in [1.82, 2.24) is 14.7 Å². The number of nitrogens with zero attached hydrogens (tertiary/aromatic N) is 3. The number of piperidine rings is 1. The van der Waals surface area contributed by atoms with E-state index in [9.17, 15) is 4.79 Å². The molecule has 0 saturated carbocycles. The number of carbonyl (C=O) groups is 1. The lowest BCUT2D eigenvalue weighted by atomic mass is 9.83. The average molecular weight is 339 g/mol. The molecular formula is C20H25N3O2. The van der Waals surface area contributed by atoms with Gasteiger partial charge < -0.3 is 9.64 Å². The van der Waals surface area contributed by atoms with Crippen molar-refractivity contribution in [2.75, 3.05) is 19.7 Å². The number of hydrogen-bond acceptors (Lipinski definition) is 3. The molecule has 1 amide bonds. The highest BCUT2D eigenvalue weighted by Gasteiger charge is 2.44. The van der Waals surface area contributed by atoms with Crippen molar-refractivity contribution in [3.8, 4) is 0 Å². The largest absolute Gasteiger partial charge is 0.374 e. The highest BCUT2D eigenvalue weighted by atomic mass is 16.5. The minimum absolute atomic E-state index is 0.0656. The van der Waals surface area contributed by atoms with Gasteiger partial charge in [0.15, 0.2) is 0 Å². The highest BCUT2D eigenvalue weighted by molar-refractivity contribution is 5.94. The Bertz CT molecular complexity index is 775. The van der Waals surface area contributed by atoms with Crippen molar-refractivity contribution >= 4 is 5.91 Å². The number of aryl methyl sites for hydroxylation is 2. The van der Waals surface area contributed by atoms with Crippen LogP contribution in [-0.4, -0.2) is 45.9 Å². The first-order valence-electron chi connectivity index (χ1n) is 9.03. The van der Waals surface area contributed by atoms with Gasteiger partial charge >= 0.3 is 0 Å². The molecule has 1 atom stereocenters. The molecule has 5 nitrogen and oxygen atoms in total. The van der Waals surface area contributed by atoms with E-state index in [2.05, 4.69) is 11.3 Å². The maximum absolute atomic E-state index is 12.7. The van der Waals surface area contributed by atoms with Crippen LogP contribution in [0.4, 0.5) is 0 Å².